The molecule has 7 heteroatoms. The largest absolute Gasteiger partial charge is 0.378 e. The van der Waals surface area contributed by atoms with Crippen molar-refractivity contribution in [2.24, 2.45) is 5.92 Å². The summed E-state index contributed by atoms with van der Waals surface area (Å²) in [6.45, 7) is 5.84. The lowest BCUT2D eigenvalue weighted by molar-refractivity contribution is -0.140. The molecule has 0 spiro atoms. The third kappa shape index (κ3) is 4.61. The van der Waals surface area contributed by atoms with Crippen molar-refractivity contribution in [2.45, 2.75) is 25.8 Å². The van der Waals surface area contributed by atoms with Crippen molar-refractivity contribution in [3.8, 4) is 0 Å². The average Bonchev–Trinajstić information content (AvgIpc) is 2.48. The number of piperidine rings is 1. The molecule has 2 amide bonds. The third-order valence-corrected chi connectivity index (χ3v) is 3.72. The molecule has 0 aromatic heterocycles. The summed E-state index contributed by atoms with van der Waals surface area (Å²) in [5.41, 5.74) is 0. The predicted molar refractivity (Wildman–Crippen MR) is 77.8 cm³/mol. The first-order valence-corrected chi connectivity index (χ1v) is 7.06. The van der Waals surface area contributed by atoms with E-state index in [1.54, 1.807) is 11.8 Å². The van der Waals surface area contributed by atoms with E-state index in [9.17, 15) is 9.59 Å². The summed E-state index contributed by atoms with van der Waals surface area (Å²) in [7, 11) is 0. The maximum Gasteiger partial charge on any atom is 0.245 e. The molecule has 0 aromatic rings. The number of morpholine rings is 1. The molecular formula is C13H24ClN3O3. The minimum Gasteiger partial charge on any atom is -0.378 e. The van der Waals surface area contributed by atoms with Gasteiger partial charge in [-0.15, -0.1) is 12.4 Å². The zero-order valence-electron chi connectivity index (χ0n) is 11.9. The summed E-state index contributed by atoms with van der Waals surface area (Å²) < 4.78 is 5.22. The van der Waals surface area contributed by atoms with Gasteiger partial charge in [-0.05, 0) is 26.3 Å². The highest BCUT2D eigenvalue weighted by Gasteiger charge is 2.27. The second-order valence-electron chi connectivity index (χ2n) is 5.21. The van der Waals surface area contributed by atoms with Crippen LogP contribution in [0.4, 0.5) is 0 Å². The lowest BCUT2D eigenvalue weighted by atomic mass is 9.98. The fourth-order valence-corrected chi connectivity index (χ4v) is 2.53. The van der Waals surface area contributed by atoms with Crippen molar-refractivity contribution in [1.82, 2.24) is 15.5 Å². The standard InChI is InChI=1S/C13H23N3O3.ClH/c1-10(13(18)16-5-7-19-8-6-16)15-12(17)11-3-2-4-14-9-11;/h10-11,14H,2-9H2,1H3,(H,15,17);1H. The van der Waals surface area contributed by atoms with Gasteiger partial charge in [-0.2, -0.15) is 0 Å². The first-order valence-electron chi connectivity index (χ1n) is 7.06. The van der Waals surface area contributed by atoms with Crippen LogP contribution in [0.2, 0.25) is 0 Å². The minimum atomic E-state index is -0.451. The van der Waals surface area contributed by atoms with Crippen LogP contribution in [-0.2, 0) is 14.3 Å². The highest BCUT2D eigenvalue weighted by Crippen LogP contribution is 2.10. The Labute approximate surface area is 126 Å². The molecule has 2 heterocycles. The summed E-state index contributed by atoms with van der Waals surface area (Å²) in [6.07, 6.45) is 1.92. The smallest absolute Gasteiger partial charge is 0.245 e. The summed E-state index contributed by atoms with van der Waals surface area (Å²) in [6, 6.07) is -0.451. The topological polar surface area (TPSA) is 70.7 Å². The van der Waals surface area contributed by atoms with Crippen LogP contribution in [0.1, 0.15) is 19.8 Å². The molecule has 0 bridgehead atoms. The second-order valence-corrected chi connectivity index (χ2v) is 5.21. The van der Waals surface area contributed by atoms with Gasteiger partial charge < -0.3 is 20.3 Å². The van der Waals surface area contributed by atoms with Gasteiger partial charge in [0.15, 0.2) is 0 Å². The van der Waals surface area contributed by atoms with E-state index in [-0.39, 0.29) is 30.1 Å². The maximum atomic E-state index is 12.2. The molecule has 0 aromatic carbocycles. The van der Waals surface area contributed by atoms with Gasteiger partial charge in [0.2, 0.25) is 11.8 Å². The van der Waals surface area contributed by atoms with Crippen molar-refractivity contribution >= 4 is 24.2 Å². The molecule has 6 nitrogen and oxygen atoms in total. The Hall–Kier alpha value is -0.850. The number of halogens is 1. The van der Waals surface area contributed by atoms with Gasteiger partial charge in [-0.3, -0.25) is 9.59 Å². The van der Waals surface area contributed by atoms with Gasteiger partial charge in [-0.1, -0.05) is 0 Å². The first kappa shape index (κ1) is 17.2. The zero-order chi connectivity index (χ0) is 13.7. The van der Waals surface area contributed by atoms with E-state index in [0.29, 0.717) is 32.8 Å². The van der Waals surface area contributed by atoms with Crippen LogP contribution in [0.3, 0.4) is 0 Å². The van der Waals surface area contributed by atoms with E-state index in [1.165, 1.54) is 0 Å². The number of hydrogen-bond donors (Lipinski definition) is 2. The molecule has 2 N–H and O–H groups in total. The zero-order valence-corrected chi connectivity index (χ0v) is 12.7. The minimum absolute atomic E-state index is 0. The number of amides is 2. The predicted octanol–water partition coefficient (Wildman–Crippen LogP) is -0.229. The van der Waals surface area contributed by atoms with Gasteiger partial charge in [0.05, 0.1) is 19.1 Å². The molecule has 20 heavy (non-hydrogen) atoms. The Morgan fingerprint density at radius 3 is 2.65 bits per heavy atom. The van der Waals surface area contributed by atoms with E-state index in [2.05, 4.69) is 10.6 Å². The molecule has 0 saturated carbocycles. The van der Waals surface area contributed by atoms with E-state index in [4.69, 9.17) is 4.74 Å². The van der Waals surface area contributed by atoms with Crippen molar-refractivity contribution in [1.29, 1.82) is 0 Å². The molecule has 0 aliphatic carbocycles. The molecule has 2 rings (SSSR count). The molecule has 0 radical (unpaired) electrons. The van der Waals surface area contributed by atoms with E-state index in [1.807, 2.05) is 0 Å². The number of hydrogen-bond acceptors (Lipinski definition) is 4. The van der Waals surface area contributed by atoms with Crippen LogP contribution in [0, 0.1) is 5.92 Å². The van der Waals surface area contributed by atoms with Crippen LogP contribution in [0.5, 0.6) is 0 Å². The number of carbonyl (C=O) groups excluding carboxylic acids is 2. The summed E-state index contributed by atoms with van der Waals surface area (Å²) >= 11 is 0. The van der Waals surface area contributed by atoms with Crippen LogP contribution in [-0.4, -0.2) is 62.1 Å². The Kier molecular flexibility index (Phi) is 7.26. The first-order chi connectivity index (χ1) is 9.18. The second kappa shape index (κ2) is 8.44. The Bertz CT molecular complexity index is 329. The molecule has 2 aliphatic heterocycles. The number of nitrogens with one attached hydrogen (secondary N) is 2. The quantitative estimate of drug-likeness (QED) is 0.756. The van der Waals surface area contributed by atoms with Gasteiger partial charge in [0.1, 0.15) is 6.04 Å². The van der Waals surface area contributed by atoms with Crippen molar-refractivity contribution in [2.75, 3.05) is 39.4 Å². The molecule has 2 aliphatic rings. The van der Waals surface area contributed by atoms with E-state index < -0.39 is 6.04 Å². The molecule has 2 fully saturated rings. The van der Waals surface area contributed by atoms with Crippen LogP contribution < -0.4 is 10.6 Å². The summed E-state index contributed by atoms with van der Waals surface area (Å²) in [5.74, 6) is -0.0320. The fraction of sp³-hybridized carbons (Fsp3) is 0.846. The summed E-state index contributed by atoms with van der Waals surface area (Å²) in [4.78, 5) is 26.0. The number of carbonyl (C=O) groups is 2. The fourth-order valence-electron chi connectivity index (χ4n) is 2.53. The molecular weight excluding hydrogens is 282 g/mol. The van der Waals surface area contributed by atoms with Crippen LogP contribution >= 0.6 is 12.4 Å². The highest BCUT2D eigenvalue weighted by molar-refractivity contribution is 5.88. The lowest BCUT2D eigenvalue weighted by Gasteiger charge is -2.30. The monoisotopic (exact) mass is 305 g/mol. The Morgan fingerprint density at radius 2 is 2.05 bits per heavy atom. The van der Waals surface area contributed by atoms with Crippen molar-refractivity contribution < 1.29 is 14.3 Å². The molecule has 2 atom stereocenters. The summed E-state index contributed by atoms with van der Waals surface area (Å²) in [5, 5.41) is 6.04. The van der Waals surface area contributed by atoms with Crippen molar-refractivity contribution in [3.63, 3.8) is 0 Å². The number of rotatable bonds is 3. The van der Waals surface area contributed by atoms with Gasteiger partial charge in [-0.25, -0.2) is 0 Å². The van der Waals surface area contributed by atoms with Gasteiger partial charge in [0, 0.05) is 19.6 Å². The number of ether oxygens (including phenoxy) is 1. The maximum absolute atomic E-state index is 12.2. The van der Waals surface area contributed by atoms with Crippen molar-refractivity contribution in [3.05, 3.63) is 0 Å². The van der Waals surface area contributed by atoms with Crippen LogP contribution in [0.15, 0.2) is 0 Å². The molecule has 2 unspecified atom stereocenters. The van der Waals surface area contributed by atoms with Gasteiger partial charge >= 0.3 is 0 Å². The average molecular weight is 306 g/mol. The third-order valence-electron chi connectivity index (χ3n) is 3.72. The SMILES string of the molecule is CC(NC(=O)C1CCCNC1)C(=O)N1CCOCC1.Cl. The van der Waals surface area contributed by atoms with E-state index in [0.717, 1.165) is 19.4 Å². The Balaban J connectivity index is 0.00000200. The van der Waals surface area contributed by atoms with Crippen LogP contribution in [0.25, 0.3) is 0 Å². The lowest BCUT2D eigenvalue weighted by Crippen LogP contribution is -2.52. The molecule has 2 saturated heterocycles. The normalized spacial score (nSPS) is 24.4. The number of nitrogens with zero attached hydrogens (tertiary/aromatic N) is 1. The highest BCUT2D eigenvalue weighted by atomic mass is 35.5. The van der Waals surface area contributed by atoms with E-state index >= 15 is 0 Å². The van der Waals surface area contributed by atoms with Gasteiger partial charge in [0.25, 0.3) is 0 Å². The Morgan fingerprint density at radius 1 is 1.35 bits per heavy atom. The molecule has 116 valence electrons.